The second kappa shape index (κ2) is 5.58. The molecule has 1 amide bonds. The van der Waals surface area contributed by atoms with Crippen LogP contribution in [0.4, 0.5) is 11.4 Å². The van der Waals surface area contributed by atoms with Crippen LogP contribution in [0.1, 0.15) is 5.56 Å². The highest BCUT2D eigenvalue weighted by Crippen LogP contribution is 2.35. The predicted octanol–water partition coefficient (Wildman–Crippen LogP) is 3.61. The Morgan fingerprint density at radius 2 is 2.10 bits per heavy atom. The molecule has 0 unspecified atom stereocenters. The number of carbonyl (C=O) groups is 1. The molecular weight excluding hydrogens is 356 g/mol. The van der Waals surface area contributed by atoms with Crippen molar-refractivity contribution in [2.75, 3.05) is 17.2 Å². The molecule has 2 aromatic rings. The molecule has 0 aromatic heterocycles. The fraction of sp³-hybridized carbons (Fsp3) is 0.133. The van der Waals surface area contributed by atoms with Crippen molar-refractivity contribution in [3.8, 4) is 5.75 Å². The van der Waals surface area contributed by atoms with Gasteiger partial charge in [0.15, 0.2) is 6.61 Å². The molecule has 2 aromatic carbocycles. The van der Waals surface area contributed by atoms with Crippen molar-refractivity contribution in [1.82, 2.24) is 0 Å². The SMILES string of the molecule is Nc1ccc2c(c1)OCC(=O)N2Cc1ccc(Br)cc1Cl. The van der Waals surface area contributed by atoms with Gasteiger partial charge in [0.2, 0.25) is 0 Å². The maximum atomic E-state index is 12.1. The summed E-state index contributed by atoms with van der Waals surface area (Å²) in [6.07, 6.45) is 0. The van der Waals surface area contributed by atoms with Crippen LogP contribution >= 0.6 is 27.5 Å². The third kappa shape index (κ3) is 2.84. The summed E-state index contributed by atoms with van der Waals surface area (Å²) >= 11 is 9.60. The lowest BCUT2D eigenvalue weighted by Crippen LogP contribution is -2.38. The highest BCUT2D eigenvalue weighted by Gasteiger charge is 2.26. The molecule has 0 atom stereocenters. The van der Waals surface area contributed by atoms with Crippen molar-refractivity contribution < 1.29 is 9.53 Å². The Morgan fingerprint density at radius 3 is 2.86 bits per heavy atom. The summed E-state index contributed by atoms with van der Waals surface area (Å²) in [5.74, 6) is 0.508. The maximum Gasteiger partial charge on any atom is 0.265 e. The Labute approximate surface area is 135 Å². The van der Waals surface area contributed by atoms with Crippen LogP contribution in [0.25, 0.3) is 0 Å². The van der Waals surface area contributed by atoms with Gasteiger partial charge in [-0.15, -0.1) is 0 Å². The number of hydrogen-bond acceptors (Lipinski definition) is 3. The number of nitrogens with zero attached hydrogens (tertiary/aromatic N) is 1. The Morgan fingerprint density at radius 1 is 1.29 bits per heavy atom. The second-order valence-corrected chi connectivity index (χ2v) is 6.05. The number of carbonyl (C=O) groups excluding carboxylic acids is 1. The number of halogens is 2. The molecule has 4 nitrogen and oxygen atoms in total. The average Bonchev–Trinajstić information content (AvgIpc) is 2.44. The third-order valence-electron chi connectivity index (χ3n) is 3.27. The minimum atomic E-state index is -0.105. The first kappa shape index (κ1) is 14.2. The number of anilines is 2. The van der Waals surface area contributed by atoms with Gasteiger partial charge in [-0.25, -0.2) is 0 Å². The lowest BCUT2D eigenvalue weighted by Gasteiger charge is -2.29. The van der Waals surface area contributed by atoms with E-state index in [2.05, 4.69) is 15.9 Å². The number of rotatable bonds is 2. The molecule has 1 aliphatic heterocycles. The summed E-state index contributed by atoms with van der Waals surface area (Å²) < 4.78 is 6.32. The Hall–Kier alpha value is -1.72. The zero-order valence-corrected chi connectivity index (χ0v) is 13.3. The molecule has 0 saturated carbocycles. The third-order valence-corrected chi connectivity index (χ3v) is 4.12. The van der Waals surface area contributed by atoms with E-state index in [1.165, 1.54) is 0 Å². The first-order chi connectivity index (χ1) is 10.0. The number of nitrogen functional groups attached to an aromatic ring is 1. The molecule has 1 aliphatic rings. The highest BCUT2D eigenvalue weighted by atomic mass is 79.9. The van der Waals surface area contributed by atoms with E-state index in [1.54, 1.807) is 23.1 Å². The largest absolute Gasteiger partial charge is 0.481 e. The predicted molar refractivity (Wildman–Crippen MR) is 86.7 cm³/mol. The summed E-state index contributed by atoms with van der Waals surface area (Å²) in [6.45, 7) is 0.399. The number of ether oxygens (including phenoxy) is 1. The van der Waals surface area contributed by atoms with Gasteiger partial charge in [0.25, 0.3) is 5.91 Å². The molecule has 1 heterocycles. The van der Waals surface area contributed by atoms with E-state index >= 15 is 0 Å². The first-order valence-corrected chi connectivity index (χ1v) is 7.48. The molecule has 0 bridgehead atoms. The average molecular weight is 368 g/mol. The first-order valence-electron chi connectivity index (χ1n) is 6.31. The van der Waals surface area contributed by atoms with Crippen LogP contribution in [0, 0.1) is 0 Å². The summed E-state index contributed by atoms with van der Waals surface area (Å²) in [5, 5.41) is 0.612. The zero-order valence-electron chi connectivity index (χ0n) is 11.0. The molecule has 108 valence electrons. The second-order valence-electron chi connectivity index (χ2n) is 4.73. The fourth-order valence-corrected chi connectivity index (χ4v) is 2.95. The quantitative estimate of drug-likeness (QED) is 0.825. The van der Waals surface area contributed by atoms with E-state index in [-0.39, 0.29) is 12.5 Å². The lowest BCUT2D eigenvalue weighted by molar-refractivity contribution is -0.121. The van der Waals surface area contributed by atoms with Crippen LogP contribution in [0.5, 0.6) is 5.75 Å². The number of nitrogens with two attached hydrogens (primary N) is 1. The van der Waals surface area contributed by atoms with E-state index in [1.807, 2.05) is 18.2 Å². The molecule has 2 N–H and O–H groups in total. The van der Waals surface area contributed by atoms with Gasteiger partial charge in [-0.05, 0) is 29.8 Å². The van der Waals surface area contributed by atoms with Crippen LogP contribution in [-0.2, 0) is 11.3 Å². The number of amides is 1. The number of benzene rings is 2. The van der Waals surface area contributed by atoms with Crippen molar-refractivity contribution in [2.24, 2.45) is 0 Å². The van der Waals surface area contributed by atoms with Crippen LogP contribution in [0.3, 0.4) is 0 Å². The molecular formula is C15H12BrClN2O2. The van der Waals surface area contributed by atoms with Crippen molar-refractivity contribution in [3.05, 3.63) is 51.5 Å². The summed E-state index contributed by atoms with van der Waals surface area (Å²) in [4.78, 5) is 13.8. The number of fused-ring (bicyclic) bond motifs is 1. The maximum absolute atomic E-state index is 12.1. The van der Waals surface area contributed by atoms with E-state index in [9.17, 15) is 4.79 Å². The Balaban J connectivity index is 1.96. The molecule has 0 radical (unpaired) electrons. The highest BCUT2D eigenvalue weighted by molar-refractivity contribution is 9.10. The molecule has 0 saturated heterocycles. The van der Waals surface area contributed by atoms with E-state index in [0.717, 1.165) is 10.0 Å². The lowest BCUT2D eigenvalue weighted by atomic mass is 10.1. The minimum absolute atomic E-state index is 0.00456. The van der Waals surface area contributed by atoms with Gasteiger partial charge in [-0.1, -0.05) is 33.6 Å². The van der Waals surface area contributed by atoms with Gasteiger partial charge in [0.05, 0.1) is 12.2 Å². The van der Waals surface area contributed by atoms with Crippen LogP contribution in [-0.4, -0.2) is 12.5 Å². The minimum Gasteiger partial charge on any atom is -0.481 e. The van der Waals surface area contributed by atoms with Crippen molar-refractivity contribution in [1.29, 1.82) is 0 Å². The van der Waals surface area contributed by atoms with Gasteiger partial charge in [-0.3, -0.25) is 4.79 Å². The van der Waals surface area contributed by atoms with Gasteiger partial charge in [0.1, 0.15) is 5.75 Å². The summed E-state index contributed by atoms with van der Waals surface area (Å²) in [5.41, 5.74) is 7.93. The number of hydrogen-bond donors (Lipinski definition) is 1. The molecule has 3 rings (SSSR count). The monoisotopic (exact) mass is 366 g/mol. The molecule has 6 heteroatoms. The van der Waals surface area contributed by atoms with Crippen LogP contribution in [0.2, 0.25) is 5.02 Å². The van der Waals surface area contributed by atoms with E-state index < -0.39 is 0 Å². The van der Waals surface area contributed by atoms with Crippen LogP contribution in [0.15, 0.2) is 40.9 Å². The van der Waals surface area contributed by atoms with E-state index in [4.69, 9.17) is 22.1 Å². The van der Waals surface area contributed by atoms with Crippen molar-refractivity contribution in [3.63, 3.8) is 0 Å². The van der Waals surface area contributed by atoms with Crippen molar-refractivity contribution >= 4 is 44.8 Å². The van der Waals surface area contributed by atoms with Gasteiger partial charge >= 0.3 is 0 Å². The Bertz CT molecular complexity index is 721. The van der Waals surface area contributed by atoms with Gasteiger partial charge in [-0.2, -0.15) is 0 Å². The molecule has 21 heavy (non-hydrogen) atoms. The smallest absolute Gasteiger partial charge is 0.265 e. The topological polar surface area (TPSA) is 55.6 Å². The van der Waals surface area contributed by atoms with Gasteiger partial charge in [0, 0.05) is 21.2 Å². The normalized spacial score (nSPS) is 13.8. The molecule has 0 spiro atoms. The van der Waals surface area contributed by atoms with Crippen LogP contribution < -0.4 is 15.4 Å². The fourth-order valence-electron chi connectivity index (χ4n) is 2.21. The molecule has 0 fully saturated rings. The standard InChI is InChI=1S/C15H12BrClN2O2/c16-10-2-1-9(12(17)5-10)7-19-13-4-3-11(18)6-14(13)21-8-15(19)20/h1-6H,7-8,18H2. The Kier molecular flexibility index (Phi) is 3.78. The zero-order chi connectivity index (χ0) is 15.0. The van der Waals surface area contributed by atoms with Crippen molar-refractivity contribution in [2.45, 2.75) is 6.54 Å². The molecule has 0 aliphatic carbocycles. The van der Waals surface area contributed by atoms with Gasteiger partial charge < -0.3 is 15.4 Å². The summed E-state index contributed by atoms with van der Waals surface area (Å²) in [7, 11) is 0. The van der Waals surface area contributed by atoms with E-state index in [0.29, 0.717) is 28.7 Å². The summed E-state index contributed by atoms with van der Waals surface area (Å²) in [6, 6.07) is 10.9.